The van der Waals surface area contributed by atoms with Crippen LogP contribution in [0.2, 0.25) is 0 Å². The molecule has 1 aliphatic carbocycles. The van der Waals surface area contributed by atoms with E-state index in [1.807, 2.05) is 0 Å². The average molecular weight is 247 g/mol. The van der Waals surface area contributed by atoms with Crippen molar-refractivity contribution in [3.63, 3.8) is 0 Å². The monoisotopic (exact) mass is 246 g/mol. The summed E-state index contributed by atoms with van der Waals surface area (Å²) in [4.78, 5) is 2.69. The maximum Gasteiger partial charge on any atom is 0.0193 e. The van der Waals surface area contributed by atoms with Crippen LogP contribution < -0.4 is 5.32 Å². The third-order valence-electron chi connectivity index (χ3n) is 4.18. The van der Waals surface area contributed by atoms with Crippen LogP contribution >= 0.6 is 12.4 Å². The van der Waals surface area contributed by atoms with Crippen LogP contribution in [0.3, 0.4) is 0 Å². The fraction of sp³-hybridized carbons (Fsp3) is 1.00. The Labute approximate surface area is 107 Å². The second kappa shape index (κ2) is 6.83. The first-order valence-electron chi connectivity index (χ1n) is 6.70. The minimum Gasteiger partial charge on any atom is -0.314 e. The van der Waals surface area contributed by atoms with E-state index in [1.54, 1.807) is 0 Å². The van der Waals surface area contributed by atoms with E-state index in [1.165, 1.54) is 51.9 Å². The fourth-order valence-corrected chi connectivity index (χ4v) is 3.21. The molecule has 0 spiro atoms. The van der Waals surface area contributed by atoms with Gasteiger partial charge in [0.05, 0.1) is 0 Å². The maximum atomic E-state index is 3.47. The molecular formula is C13H27ClN2. The van der Waals surface area contributed by atoms with Gasteiger partial charge in [-0.05, 0) is 31.6 Å². The van der Waals surface area contributed by atoms with E-state index < -0.39 is 0 Å². The van der Waals surface area contributed by atoms with Gasteiger partial charge >= 0.3 is 0 Å². The van der Waals surface area contributed by atoms with Gasteiger partial charge in [-0.15, -0.1) is 12.4 Å². The molecule has 2 nitrogen and oxygen atoms in total. The predicted octanol–water partition coefficient (Wildman–Crippen LogP) is 2.53. The molecule has 0 bridgehead atoms. The van der Waals surface area contributed by atoms with Crippen LogP contribution in [-0.2, 0) is 0 Å². The summed E-state index contributed by atoms with van der Waals surface area (Å²) >= 11 is 0. The zero-order valence-electron chi connectivity index (χ0n) is 10.7. The number of rotatable bonds is 2. The highest BCUT2D eigenvalue weighted by molar-refractivity contribution is 5.85. The van der Waals surface area contributed by atoms with Crippen LogP contribution in [0.25, 0.3) is 0 Å². The summed E-state index contributed by atoms with van der Waals surface area (Å²) in [5.41, 5.74) is 0. The Morgan fingerprint density at radius 2 is 2.06 bits per heavy atom. The molecule has 0 amide bonds. The molecule has 16 heavy (non-hydrogen) atoms. The van der Waals surface area contributed by atoms with Crippen molar-refractivity contribution in [1.82, 2.24) is 10.2 Å². The summed E-state index contributed by atoms with van der Waals surface area (Å²) in [5, 5.41) is 3.47. The standard InChI is InChI=1S/C13H26N2.ClH/c1-11-4-3-5-13(8-11)10-15-7-6-14-9-12(15)2;/h11-14H,3-10H2,1-2H3;1H/t11?,12-,13?;/m0./s1. The number of halogens is 1. The van der Waals surface area contributed by atoms with E-state index in [4.69, 9.17) is 0 Å². The van der Waals surface area contributed by atoms with Crippen LogP contribution in [0, 0.1) is 11.8 Å². The topological polar surface area (TPSA) is 15.3 Å². The number of hydrogen-bond donors (Lipinski definition) is 1. The van der Waals surface area contributed by atoms with Crippen molar-refractivity contribution in [2.45, 2.75) is 45.6 Å². The molecule has 2 aliphatic rings. The first-order valence-corrected chi connectivity index (χ1v) is 6.70. The molecule has 0 aromatic carbocycles. The van der Waals surface area contributed by atoms with Gasteiger partial charge in [-0.2, -0.15) is 0 Å². The molecule has 1 saturated carbocycles. The third-order valence-corrected chi connectivity index (χ3v) is 4.18. The Morgan fingerprint density at radius 1 is 1.25 bits per heavy atom. The normalized spacial score (nSPS) is 36.8. The first-order chi connectivity index (χ1) is 7.25. The van der Waals surface area contributed by atoms with Crippen LogP contribution in [0.4, 0.5) is 0 Å². The molecule has 1 heterocycles. The first kappa shape index (κ1) is 14.3. The van der Waals surface area contributed by atoms with E-state index in [0.29, 0.717) is 0 Å². The van der Waals surface area contributed by atoms with Gasteiger partial charge in [-0.1, -0.05) is 19.8 Å². The zero-order valence-corrected chi connectivity index (χ0v) is 11.6. The molecule has 2 rings (SSSR count). The van der Waals surface area contributed by atoms with Crippen LogP contribution in [0.1, 0.15) is 39.5 Å². The predicted molar refractivity (Wildman–Crippen MR) is 72.3 cm³/mol. The Bertz CT molecular complexity index is 198. The minimum absolute atomic E-state index is 0. The molecule has 3 heteroatoms. The van der Waals surface area contributed by atoms with Crippen molar-refractivity contribution >= 4 is 12.4 Å². The van der Waals surface area contributed by atoms with Crippen LogP contribution in [-0.4, -0.2) is 37.1 Å². The highest BCUT2D eigenvalue weighted by Gasteiger charge is 2.24. The molecule has 1 saturated heterocycles. The van der Waals surface area contributed by atoms with Crippen LogP contribution in [0.15, 0.2) is 0 Å². The Hall–Kier alpha value is 0.210. The van der Waals surface area contributed by atoms with Crippen molar-refractivity contribution < 1.29 is 0 Å². The largest absolute Gasteiger partial charge is 0.314 e. The second-order valence-corrected chi connectivity index (χ2v) is 5.69. The summed E-state index contributed by atoms with van der Waals surface area (Å²) in [7, 11) is 0. The lowest BCUT2D eigenvalue weighted by Crippen LogP contribution is -2.51. The Balaban J connectivity index is 0.00000128. The summed E-state index contributed by atoms with van der Waals surface area (Å²) in [5.74, 6) is 1.95. The van der Waals surface area contributed by atoms with Gasteiger partial charge in [0.2, 0.25) is 0 Å². The highest BCUT2D eigenvalue weighted by Crippen LogP contribution is 2.29. The molecule has 0 radical (unpaired) electrons. The van der Waals surface area contributed by atoms with Crippen LogP contribution in [0.5, 0.6) is 0 Å². The van der Waals surface area contributed by atoms with E-state index in [0.717, 1.165) is 17.9 Å². The summed E-state index contributed by atoms with van der Waals surface area (Å²) < 4.78 is 0. The third kappa shape index (κ3) is 3.90. The fourth-order valence-electron chi connectivity index (χ4n) is 3.21. The molecule has 0 aromatic heterocycles. The number of piperazine rings is 1. The molecule has 3 atom stereocenters. The van der Waals surface area contributed by atoms with E-state index in [9.17, 15) is 0 Å². The lowest BCUT2D eigenvalue weighted by atomic mass is 9.82. The summed E-state index contributed by atoms with van der Waals surface area (Å²) in [6, 6.07) is 0.746. The maximum absolute atomic E-state index is 3.47. The van der Waals surface area contributed by atoms with Crippen molar-refractivity contribution in [1.29, 1.82) is 0 Å². The zero-order chi connectivity index (χ0) is 10.7. The van der Waals surface area contributed by atoms with E-state index in [2.05, 4.69) is 24.1 Å². The SMILES string of the molecule is CC1CCCC(CN2CCNC[C@@H]2C)C1.Cl. The van der Waals surface area contributed by atoms with Gasteiger partial charge in [-0.3, -0.25) is 4.90 Å². The van der Waals surface area contributed by atoms with E-state index >= 15 is 0 Å². The Kier molecular flexibility index (Phi) is 6.09. The molecule has 96 valence electrons. The van der Waals surface area contributed by atoms with Crippen molar-refractivity contribution in [3.8, 4) is 0 Å². The molecule has 1 N–H and O–H groups in total. The molecule has 0 aromatic rings. The molecule has 1 aliphatic heterocycles. The van der Waals surface area contributed by atoms with Gasteiger partial charge in [-0.25, -0.2) is 0 Å². The van der Waals surface area contributed by atoms with Gasteiger partial charge < -0.3 is 5.32 Å². The minimum atomic E-state index is 0. The molecular weight excluding hydrogens is 220 g/mol. The number of nitrogens with one attached hydrogen (secondary N) is 1. The van der Waals surface area contributed by atoms with E-state index in [-0.39, 0.29) is 12.4 Å². The van der Waals surface area contributed by atoms with Crippen molar-refractivity contribution in [2.24, 2.45) is 11.8 Å². The average Bonchev–Trinajstić information content (AvgIpc) is 2.22. The molecule has 2 fully saturated rings. The summed E-state index contributed by atoms with van der Waals surface area (Å²) in [6.07, 6.45) is 5.87. The smallest absolute Gasteiger partial charge is 0.0193 e. The van der Waals surface area contributed by atoms with Gasteiger partial charge in [0.15, 0.2) is 0 Å². The second-order valence-electron chi connectivity index (χ2n) is 5.69. The van der Waals surface area contributed by atoms with Crippen molar-refractivity contribution in [2.75, 3.05) is 26.2 Å². The number of nitrogens with zero attached hydrogens (tertiary/aromatic N) is 1. The number of hydrogen-bond acceptors (Lipinski definition) is 2. The Morgan fingerprint density at radius 3 is 2.75 bits per heavy atom. The lowest BCUT2D eigenvalue weighted by molar-refractivity contribution is 0.123. The van der Waals surface area contributed by atoms with Gasteiger partial charge in [0.25, 0.3) is 0 Å². The molecule has 2 unspecified atom stereocenters. The van der Waals surface area contributed by atoms with Gasteiger partial charge in [0, 0.05) is 32.2 Å². The quantitative estimate of drug-likeness (QED) is 0.806. The van der Waals surface area contributed by atoms with Crippen molar-refractivity contribution in [3.05, 3.63) is 0 Å². The van der Waals surface area contributed by atoms with Gasteiger partial charge in [0.1, 0.15) is 0 Å². The highest BCUT2D eigenvalue weighted by atomic mass is 35.5. The summed E-state index contributed by atoms with van der Waals surface area (Å²) in [6.45, 7) is 9.76. The lowest BCUT2D eigenvalue weighted by Gasteiger charge is -2.38.